The predicted octanol–water partition coefficient (Wildman–Crippen LogP) is 1.78. The van der Waals surface area contributed by atoms with Crippen molar-refractivity contribution in [3.63, 3.8) is 0 Å². The average Bonchev–Trinajstić information content (AvgIpc) is 2.23. The van der Waals surface area contributed by atoms with Gasteiger partial charge in [0.15, 0.2) is 0 Å². The lowest BCUT2D eigenvalue weighted by atomic mass is 9.85. The molecule has 1 aliphatic carbocycles. The van der Waals surface area contributed by atoms with Crippen molar-refractivity contribution in [2.45, 2.75) is 58.0 Å². The van der Waals surface area contributed by atoms with Gasteiger partial charge in [0.2, 0.25) is 5.91 Å². The maximum Gasteiger partial charge on any atom is 0.239 e. The molecule has 1 heterocycles. The number of carbonyl (C=O) groups excluding carboxylic acids is 1. The number of likely N-dealkylation sites (tertiary alicyclic amines) is 1. The molecule has 2 rings (SSSR count). The molecule has 1 saturated heterocycles. The summed E-state index contributed by atoms with van der Waals surface area (Å²) in [5.41, 5.74) is 0.275. The van der Waals surface area contributed by atoms with Gasteiger partial charge in [-0.1, -0.05) is 13.8 Å². The highest BCUT2D eigenvalue weighted by Gasteiger charge is 2.38. The minimum absolute atomic E-state index is 0.0439. The maximum atomic E-state index is 12.4. The zero-order valence-electron chi connectivity index (χ0n) is 10.8. The van der Waals surface area contributed by atoms with E-state index in [-0.39, 0.29) is 11.5 Å². The van der Waals surface area contributed by atoms with Crippen molar-refractivity contribution < 1.29 is 4.79 Å². The number of carbonyl (C=O) groups is 1. The smallest absolute Gasteiger partial charge is 0.239 e. The van der Waals surface area contributed by atoms with E-state index < -0.39 is 0 Å². The van der Waals surface area contributed by atoms with E-state index in [2.05, 4.69) is 24.1 Å². The molecule has 1 aliphatic heterocycles. The molecule has 1 saturated carbocycles. The minimum atomic E-state index is 0.0439. The normalized spacial score (nSPS) is 31.1. The van der Waals surface area contributed by atoms with Crippen LogP contribution in [0.1, 0.15) is 46.0 Å². The second kappa shape index (κ2) is 4.36. The third-order valence-electron chi connectivity index (χ3n) is 4.15. The van der Waals surface area contributed by atoms with Crippen molar-refractivity contribution in [1.29, 1.82) is 0 Å². The van der Waals surface area contributed by atoms with Crippen LogP contribution in [0.4, 0.5) is 0 Å². The number of amides is 1. The second-order valence-corrected chi connectivity index (χ2v) is 6.10. The molecular formula is C13H24N2O. The van der Waals surface area contributed by atoms with E-state index in [1.165, 1.54) is 19.3 Å². The Hall–Kier alpha value is -0.570. The van der Waals surface area contributed by atoms with E-state index in [9.17, 15) is 4.79 Å². The molecule has 0 aromatic heterocycles. The van der Waals surface area contributed by atoms with Gasteiger partial charge in [-0.05, 0) is 44.6 Å². The topological polar surface area (TPSA) is 32.3 Å². The molecule has 1 N–H and O–H groups in total. The second-order valence-electron chi connectivity index (χ2n) is 6.10. The Balaban J connectivity index is 2.14. The van der Waals surface area contributed by atoms with Crippen LogP contribution in [0, 0.1) is 5.41 Å². The molecule has 3 heteroatoms. The number of hydrogen-bond acceptors (Lipinski definition) is 2. The van der Waals surface area contributed by atoms with Crippen molar-refractivity contribution in [3.05, 3.63) is 0 Å². The van der Waals surface area contributed by atoms with Crippen LogP contribution in [0.2, 0.25) is 0 Å². The molecule has 3 nitrogen and oxygen atoms in total. The number of nitrogens with zero attached hydrogens (tertiary/aromatic N) is 1. The third-order valence-corrected chi connectivity index (χ3v) is 4.15. The summed E-state index contributed by atoms with van der Waals surface area (Å²) in [5, 5.41) is 3.17. The van der Waals surface area contributed by atoms with Crippen LogP contribution in [0.25, 0.3) is 0 Å². The van der Waals surface area contributed by atoms with E-state index in [4.69, 9.17) is 0 Å². The summed E-state index contributed by atoms with van der Waals surface area (Å²) in [4.78, 5) is 14.5. The van der Waals surface area contributed by atoms with Gasteiger partial charge in [0.05, 0.1) is 6.04 Å². The Morgan fingerprint density at radius 2 is 2.00 bits per heavy atom. The Morgan fingerprint density at radius 1 is 1.31 bits per heavy atom. The van der Waals surface area contributed by atoms with Crippen molar-refractivity contribution in [3.8, 4) is 0 Å². The highest BCUT2D eigenvalue weighted by molar-refractivity contribution is 5.82. The summed E-state index contributed by atoms with van der Waals surface area (Å²) in [7, 11) is 1.90. The molecule has 0 radical (unpaired) electrons. The van der Waals surface area contributed by atoms with Crippen LogP contribution in [0.3, 0.4) is 0 Å². The van der Waals surface area contributed by atoms with Crippen LogP contribution < -0.4 is 5.32 Å². The number of likely N-dealkylation sites (N-methyl/N-ethyl adjacent to an activating group) is 1. The summed E-state index contributed by atoms with van der Waals surface area (Å²) in [5.74, 6) is 0.331. The van der Waals surface area contributed by atoms with Gasteiger partial charge in [0.1, 0.15) is 0 Å². The Labute approximate surface area is 98.6 Å². The highest BCUT2D eigenvalue weighted by Crippen LogP contribution is 2.34. The van der Waals surface area contributed by atoms with Crippen molar-refractivity contribution in [2.75, 3.05) is 13.6 Å². The molecule has 0 bridgehead atoms. The number of hydrogen-bond donors (Lipinski definition) is 1. The van der Waals surface area contributed by atoms with Crippen LogP contribution in [0.5, 0.6) is 0 Å². The van der Waals surface area contributed by atoms with Gasteiger partial charge < -0.3 is 10.2 Å². The van der Waals surface area contributed by atoms with Gasteiger partial charge in [0.25, 0.3) is 0 Å². The fourth-order valence-electron chi connectivity index (χ4n) is 2.75. The fraction of sp³-hybridized carbons (Fsp3) is 0.923. The van der Waals surface area contributed by atoms with Gasteiger partial charge in [-0.3, -0.25) is 4.79 Å². The summed E-state index contributed by atoms with van der Waals surface area (Å²) < 4.78 is 0. The van der Waals surface area contributed by atoms with Gasteiger partial charge in [-0.2, -0.15) is 0 Å². The maximum absolute atomic E-state index is 12.4. The van der Waals surface area contributed by atoms with Gasteiger partial charge in [-0.15, -0.1) is 0 Å². The predicted molar refractivity (Wildman–Crippen MR) is 65.2 cm³/mol. The molecule has 16 heavy (non-hydrogen) atoms. The molecule has 0 spiro atoms. The van der Waals surface area contributed by atoms with Crippen molar-refractivity contribution in [2.24, 2.45) is 5.41 Å². The van der Waals surface area contributed by atoms with Crippen LogP contribution in [0.15, 0.2) is 0 Å². The first-order valence-corrected chi connectivity index (χ1v) is 6.51. The molecule has 1 unspecified atom stereocenters. The molecule has 2 aliphatic rings. The third kappa shape index (κ3) is 2.24. The molecule has 0 aromatic carbocycles. The lowest BCUT2D eigenvalue weighted by Crippen LogP contribution is -2.52. The Morgan fingerprint density at radius 3 is 2.50 bits per heavy atom. The van der Waals surface area contributed by atoms with Crippen LogP contribution in [-0.2, 0) is 4.79 Å². The van der Waals surface area contributed by atoms with E-state index in [1.54, 1.807) is 0 Å². The summed E-state index contributed by atoms with van der Waals surface area (Å²) >= 11 is 0. The number of nitrogens with one attached hydrogen (secondary N) is 1. The minimum Gasteiger partial charge on any atom is -0.338 e. The first-order chi connectivity index (χ1) is 7.53. The first-order valence-electron chi connectivity index (χ1n) is 6.51. The zero-order chi connectivity index (χ0) is 11.8. The standard InChI is InChI=1S/C13H24N2O/c1-13(2)8-7-11(14-3)12(16)15(9-13)10-5-4-6-10/h10-11,14H,4-9H2,1-3H3. The fourth-order valence-corrected chi connectivity index (χ4v) is 2.75. The van der Waals surface area contributed by atoms with E-state index in [0.717, 1.165) is 19.4 Å². The molecule has 1 atom stereocenters. The SMILES string of the molecule is CNC1CCC(C)(C)CN(C2CCC2)C1=O. The first kappa shape index (κ1) is 11.9. The quantitative estimate of drug-likeness (QED) is 0.775. The molecule has 92 valence electrons. The molecule has 2 fully saturated rings. The zero-order valence-corrected chi connectivity index (χ0v) is 10.8. The van der Waals surface area contributed by atoms with Crippen molar-refractivity contribution in [1.82, 2.24) is 10.2 Å². The lowest BCUT2D eigenvalue weighted by Gasteiger charge is -2.41. The molecule has 0 aromatic rings. The van der Waals surface area contributed by atoms with Crippen LogP contribution >= 0.6 is 0 Å². The van der Waals surface area contributed by atoms with Gasteiger partial charge in [-0.25, -0.2) is 0 Å². The van der Waals surface area contributed by atoms with Gasteiger partial charge >= 0.3 is 0 Å². The highest BCUT2D eigenvalue weighted by atomic mass is 16.2. The molecule has 1 amide bonds. The number of rotatable bonds is 2. The summed E-state index contributed by atoms with van der Waals surface area (Å²) in [6.45, 7) is 5.50. The Bertz CT molecular complexity index is 271. The largest absolute Gasteiger partial charge is 0.338 e. The monoisotopic (exact) mass is 224 g/mol. The van der Waals surface area contributed by atoms with Crippen LogP contribution in [-0.4, -0.2) is 36.5 Å². The average molecular weight is 224 g/mol. The summed E-state index contributed by atoms with van der Waals surface area (Å²) in [6, 6.07) is 0.572. The summed E-state index contributed by atoms with van der Waals surface area (Å²) in [6.07, 6.45) is 5.81. The van der Waals surface area contributed by atoms with E-state index in [1.807, 2.05) is 7.05 Å². The molecular weight excluding hydrogens is 200 g/mol. The van der Waals surface area contributed by atoms with E-state index >= 15 is 0 Å². The van der Waals surface area contributed by atoms with Gasteiger partial charge in [0, 0.05) is 12.6 Å². The van der Waals surface area contributed by atoms with E-state index in [0.29, 0.717) is 11.9 Å². The lowest BCUT2D eigenvalue weighted by molar-refractivity contribution is -0.137. The Kier molecular flexibility index (Phi) is 3.24. The van der Waals surface area contributed by atoms with Crippen molar-refractivity contribution >= 4 is 5.91 Å².